The minimum atomic E-state index is -3.36. The van der Waals surface area contributed by atoms with Gasteiger partial charge in [-0.05, 0) is 17.8 Å². The van der Waals surface area contributed by atoms with Crippen LogP contribution in [0.3, 0.4) is 0 Å². The SMILES string of the molecule is CC(C)C(CNS(=O)(=O)CC(N)=S)C(C)C. The molecule has 96 valence electrons. The Bertz CT molecular complexity index is 316. The van der Waals surface area contributed by atoms with E-state index in [9.17, 15) is 8.42 Å². The van der Waals surface area contributed by atoms with Gasteiger partial charge in [-0.3, -0.25) is 0 Å². The average molecular weight is 266 g/mol. The largest absolute Gasteiger partial charge is 0.392 e. The maximum atomic E-state index is 11.5. The molecule has 0 spiro atoms. The lowest BCUT2D eigenvalue weighted by molar-refractivity contribution is 0.289. The molecule has 0 heterocycles. The van der Waals surface area contributed by atoms with Crippen molar-refractivity contribution in [2.45, 2.75) is 27.7 Å². The first-order valence-electron chi connectivity index (χ1n) is 5.41. The van der Waals surface area contributed by atoms with Crippen molar-refractivity contribution >= 4 is 27.2 Å². The second-order valence-corrected chi connectivity index (χ2v) is 7.06. The van der Waals surface area contributed by atoms with E-state index in [1.165, 1.54) is 0 Å². The summed E-state index contributed by atoms with van der Waals surface area (Å²) >= 11 is 4.59. The van der Waals surface area contributed by atoms with Crippen LogP contribution in [0.15, 0.2) is 0 Å². The van der Waals surface area contributed by atoms with Gasteiger partial charge in [0, 0.05) is 6.54 Å². The fourth-order valence-corrected chi connectivity index (χ4v) is 3.09. The number of rotatable bonds is 7. The minimum Gasteiger partial charge on any atom is -0.392 e. The Labute approximate surface area is 104 Å². The summed E-state index contributed by atoms with van der Waals surface area (Å²) in [7, 11) is -3.36. The Kier molecular flexibility index (Phi) is 6.43. The molecule has 4 nitrogen and oxygen atoms in total. The van der Waals surface area contributed by atoms with Crippen molar-refractivity contribution in [3.63, 3.8) is 0 Å². The monoisotopic (exact) mass is 266 g/mol. The standard InChI is InChI=1S/C10H22N2O2S2/c1-7(2)9(8(3)4)5-12-16(13,14)6-10(11)15/h7-9,12H,5-6H2,1-4H3,(H2,11,15). The van der Waals surface area contributed by atoms with E-state index in [0.717, 1.165) is 0 Å². The average Bonchev–Trinajstić information content (AvgIpc) is 1.99. The van der Waals surface area contributed by atoms with Crippen molar-refractivity contribution in [1.29, 1.82) is 0 Å². The summed E-state index contributed by atoms with van der Waals surface area (Å²) in [5, 5.41) is 0. The zero-order valence-corrected chi connectivity index (χ0v) is 12.0. The predicted octanol–water partition coefficient (Wildman–Crippen LogP) is 1.12. The van der Waals surface area contributed by atoms with E-state index in [2.05, 4.69) is 44.6 Å². The zero-order valence-electron chi connectivity index (χ0n) is 10.4. The van der Waals surface area contributed by atoms with Crippen LogP contribution < -0.4 is 10.5 Å². The van der Waals surface area contributed by atoms with Gasteiger partial charge < -0.3 is 5.73 Å². The summed E-state index contributed by atoms with van der Waals surface area (Å²) in [5.74, 6) is 0.923. The molecule has 3 N–H and O–H groups in total. The van der Waals surface area contributed by atoms with Crippen molar-refractivity contribution in [2.75, 3.05) is 12.3 Å². The van der Waals surface area contributed by atoms with Crippen LogP contribution >= 0.6 is 12.2 Å². The van der Waals surface area contributed by atoms with Crippen LogP contribution in [0.2, 0.25) is 0 Å². The molecule has 0 atom stereocenters. The van der Waals surface area contributed by atoms with Crippen molar-refractivity contribution in [2.24, 2.45) is 23.5 Å². The van der Waals surface area contributed by atoms with Gasteiger partial charge in [0.15, 0.2) is 0 Å². The molecule has 0 fully saturated rings. The third kappa shape index (κ3) is 6.40. The third-order valence-corrected chi connectivity index (χ3v) is 4.21. The minimum absolute atomic E-state index is 0.00172. The summed E-state index contributed by atoms with van der Waals surface area (Å²) in [6.45, 7) is 8.80. The van der Waals surface area contributed by atoms with Crippen LogP contribution in [0.1, 0.15) is 27.7 Å². The summed E-state index contributed by atoms with van der Waals surface area (Å²) in [4.78, 5) is -0.00172. The van der Waals surface area contributed by atoms with Gasteiger partial charge in [0.1, 0.15) is 5.75 Å². The molecule has 0 radical (unpaired) electrons. The molecule has 0 aromatic heterocycles. The highest BCUT2D eigenvalue weighted by Crippen LogP contribution is 2.19. The Morgan fingerprint density at radius 2 is 1.69 bits per heavy atom. The van der Waals surface area contributed by atoms with Gasteiger partial charge in [-0.2, -0.15) is 0 Å². The number of nitrogens with two attached hydrogens (primary N) is 1. The molecular formula is C10H22N2O2S2. The molecule has 16 heavy (non-hydrogen) atoms. The lowest BCUT2D eigenvalue weighted by Crippen LogP contribution is -2.37. The van der Waals surface area contributed by atoms with Gasteiger partial charge in [-0.1, -0.05) is 39.9 Å². The Balaban J connectivity index is 4.36. The van der Waals surface area contributed by atoms with Gasteiger partial charge in [0.05, 0.1) is 4.99 Å². The highest BCUT2D eigenvalue weighted by Gasteiger charge is 2.20. The highest BCUT2D eigenvalue weighted by atomic mass is 32.2. The number of thiocarbonyl (C=S) groups is 1. The molecule has 0 aliphatic carbocycles. The first-order chi connectivity index (χ1) is 7.15. The quantitative estimate of drug-likeness (QED) is 0.677. The molecule has 0 unspecified atom stereocenters. The van der Waals surface area contributed by atoms with Crippen LogP contribution in [-0.4, -0.2) is 25.7 Å². The van der Waals surface area contributed by atoms with Crippen molar-refractivity contribution < 1.29 is 8.42 Å². The first-order valence-corrected chi connectivity index (χ1v) is 7.47. The Morgan fingerprint density at radius 1 is 1.25 bits per heavy atom. The summed E-state index contributed by atoms with van der Waals surface area (Å²) in [5.41, 5.74) is 5.22. The van der Waals surface area contributed by atoms with Gasteiger partial charge >= 0.3 is 0 Å². The molecule has 0 amide bonds. The van der Waals surface area contributed by atoms with E-state index < -0.39 is 10.0 Å². The van der Waals surface area contributed by atoms with Crippen LogP contribution in [0.25, 0.3) is 0 Å². The first kappa shape index (κ1) is 15.8. The molecular weight excluding hydrogens is 244 g/mol. The maximum Gasteiger partial charge on any atom is 0.218 e. The van der Waals surface area contributed by atoms with Gasteiger partial charge in [-0.25, -0.2) is 13.1 Å². The summed E-state index contributed by atoms with van der Waals surface area (Å²) < 4.78 is 25.6. The number of hydrogen-bond donors (Lipinski definition) is 2. The van der Waals surface area contributed by atoms with E-state index in [4.69, 9.17) is 5.73 Å². The molecule has 0 aromatic rings. The topological polar surface area (TPSA) is 72.2 Å². The van der Waals surface area contributed by atoms with E-state index in [1.54, 1.807) is 0 Å². The number of nitrogens with one attached hydrogen (secondary N) is 1. The fourth-order valence-electron chi connectivity index (χ4n) is 1.70. The lowest BCUT2D eigenvalue weighted by Gasteiger charge is -2.24. The van der Waals surface area contributed by atoms with Gasteiger partial charge in [0.2, 0.25) is 10.0 Å². The maximum absolute atomic E-state index is 11.5. The van der Waals surface area contributed by atoms with E-state index in [0.29, 0.717) is 24.3 Å². The van der Waals surface area contributed by atoms with Crippen LogP contribution in [0, 0.1) is 17.8 Å². The number of hydrogen-bond acceptors (Lipinski definition) is 3. The normalized spacial score (nSPS) is 12.7. The Morgan fingerprint density at radius 3 is 2.00 bits per heavy atom. The molecule has 0 saturated carbocycles. The Hall–Kier alpha value is -0.200. The van der Waals surface area contributed by atoms with E-state index in [-0.39, 0.29) is 10.7 Å². The van der Waals surface area contributed by atoms with E-state index >= 15 is 0 Å². The third-order valence-electron chi connectivity index (χ3n) is 2.58. The smallest absolute Gasteiger partial charge is 0.218 e. The molecule has 0 aliphatic heterocycles. The second-order valence-electron chi connectivity index (χ2n) is 4.73. The fraction of sp³-hybridized carbons (Fsp3) is 0.900. The van der Waals surface area contributed by atoms with Crippen LogP contribution in [0.4, 0.5) is 0 Å². The molecule has 0 bridgehead atoms. The molecule has 0 saturated heterocycles. The molecule has 0 aromatic carbocycles. The van der Waals surface area contributed by atoms with Crippen molar-refractivity contribution in [1.82, 2.24) is 4.72 Å². The zero-order chi connectivity index (χ0) is 12.9. The van der Waals surface area contributed by atoms with Crippen molar-refractivity contribution in [3.05, 3.63) is 0 Å². The predicted molar refractivity (Wildman–Crippen MR) is 71.7 cm³/mol. The van der Waals surface area contributed by atoms with Crippen LogP contribution in [-0.2, 0) is 10.0 Å². The highest BCUT2D eigenvalue weighted by molar-refractivity contribution is 7.92. The van der Waals surface area contributed by atoms with E-state index in [1.807, 2.05) is 0 Å². The lowest BCUT2D eigenvalue weighted by atomic mass is 9.86. The second kappa shape index (κ2) is 6.51. The molecule has 0 rings (SSSR count). The van der Waals surface area contributed by atoms with Crippen LogP contribution in [0.5, 0.6) is 0 Å². The van der Waals surface area contributed by atoms with Gasteiger partial charge in [0.25, 0.3) is 0 Å². The summed E-state index contributed by atoms with van der Waals surface area (Å²) in [6, 6.07) is 0. The molecule has 6 heteroatoms. The number of sulfonamides is 1. The van der Waals surface area contributed by atoms with Gasteiger partial charge in [-0.15, -0.1) is 0 Å². The summed E-state index contributed by atoms with van der Waals surface area (Å²) in [6.07, 6.45) is 0. The van der Waals surface area contributed by atoms with Crippen molar-refractivity contribution in [3.8, 4) is 0 Å². The molecule has 0 aliphatic rings.